The van der Waals surface area contributed by atoms with Crippen LogP contribution < -0.4 is 10.2 Å². The first kappa shape index (κ1) is 21.5. The van der Waals surface area contributed by atoms with E-state index in [1.54, 1.807) is 44.4 Å². The number of nitrogens with zero attached hydrogens (tertiary/aromatic N) is 3. The molecule has 2 aromatic heterocycles. The van der Waals surface area contributed by atoms with Crippen LogP contribution in [0.1, 0.15) is 41.0 Å². The van der Waals surface area contributed by atoms with Crippen LogP contribution >= 0.6 is 0 Å². The van der Waals surface area contributed by atoms with Crippen molar-refractivity contribution in [1.29, 1.82) is 0 Å². The fourth-order valence-electron chi connectivity index (χ4n) is 3.63. The molecule has 0 radical (unpaired) electrons. The average molecular weight is 440 g/mol. The molecule has 0 unspecified atom stereocenters. The first-order valence-electron chi connectivity index (χ1n) is 9.82. The van der Waals surface area contributed by atoms with E-state index in [9.17, 15) is 22.8 Å². The Labute approximate surface area is 182 Å². The maximum atomic E-state index is 13.8. The molecule has 1 aliphatic heterocycles. The molecule has 6 nitrogen and oxygen atoms in total. The van der Waals surface area contributed by atoms with E-state index >= 15 is 0 Å². The Balaban J connectivity index is 1.60. The maximum Gasteiger partial charge on any atom is 0.270 e. The monoisotopic (exact) mass is 440 g/mol. The third kappa shape index (κ3) is 3.81. The van der Waals surface area contributed by atoms with E-state index in [0.717, 1.165) is 5.56 Å². The Hall–Kier alpha value is -3.75. The summed E-state index contributed by atoms with van der Waals surface area (Å²) in [4.78, 5) is 35.5. The molecule has 164 valence electrons. The van der Waals surface area contributed by atoms with Crippen molar-refractivity contribution < 1.29 is 22.8 Å². The van der Waals surface area contributed by atoms with Gasteiger partial charge in [0.1, 0.15) is 29.0 Å². The summed E-state index contributed by atoms with van der Waals surface area (Å²) in [5, 5.41) is 2.39. The van der Waals surface area contributed by atoms with Gasteiger partial charge in [-0.1, -0.05) is 6.07 Å². The first-order chi connectivity index (χ1) is 15.2. The van der Waals surface area contributed by atoms with E-state index in [4.69, 9.17) is 0 Å². The van der Waals surface area contributed by atoms with Crippen molar-refractivity contribution in [3.8, 4) is 0 Å². The van der Waals surface area contributed by atoms with E-state index in [-0.39, 0.29) is 18.1 Å². The normalized spacial score (nSPS) is 14.4. The fourth-order valence-corrected chi connectivity index (χ4v) is 3.63. The predicted octanol–water partition coefficient (Wildman–Crippen LogP) is 3.65. The summed E-state index contributed by atoms with van der Waals surface area (Å²) >= 11 is 0. The quantitative estimate of drug-likeness (QED) is 0.657. The Morgan fingerprint density at radius 2 is 1.72 bits per heavy atom. The number of rotatable bonds is 5. The summed E-state index contributed by atoms with van der Waals surface area (Å²) in [5.74, 6) is -3.73. The van der Waals surface area contributed by atoms with Gasteiger partial charge in [0.2, 0.25) is 5.91 Å². The molecule has 0 aliphatic carbocycles. The van der Waals surface area contributed by atoms with Crippen molar-refractivity contribution in [2.24, 2.45) is 0 Å². The lowest BCUT2D eigenvalue weighted by atomic mass is 9.87. The lowest BCUT2D eigenvalue weighted by molar-refractivity contribution is -0.122. The maximum absolute atomic E-state index is 13.8. The minimum atomic E-state index is -1.10. The fraction of sp³-hybridized carbons (Fsp3) is 0.217. The molecule has 0 bridgehead atoms. The molecular weight excluding hydrogens is 421 g/mol. The zero-order chi connectivity index (χ0) is 23.0. The van der Waals surface area contributed by atoms with E-state index in [1.165, 1.54) is 11.0 Å². The van der Waals surface area contributed by atoms with Gasteiger partial charge in [-0.25, -0.2) is 18.2 Å². The number of fused-ring (bicyclic) bond motifs is 1. The highest BCUT2D eigenvalue weighted by Gasteiger charge is 2.45. The Morgan fingerprint density at radius 3 is 2.38 bits per heavy atom. The number of carbonyl (C=O) groups excluding carboxylic acids is 2. The number of hydrogen-bond donors (Lipinski definition) is 1. The molecular formula is C23H19F3N4O2. The topological polar surface area (TPSA) is 75.2 Å². The van der Waals surface area contributed by atoms with Gasteiger partial charge in [-0.15, -0.1) is 0 Å². The highest BCUT2D eigenvalue weighted by atomic mass is 19.1. The molecule has 3 aromatic rings. The van der Waals surface area contributed by atoms with E-state index in [2.05, 4.69) is 15.3 Å². The van der Waals surface area contributed by atoms with Crippen LogP contribution in [0.3, 0.4) is 0 Å². The highest BCUT2D eigenvalue weighted by molar-refractivity contribution is 6.07. The van der Waals surface area contributed by atoms with Crippen LogP contribution in [-0.2, 0) is 23.3 Å². The highest BCUT2D eigenvalue weighted by Crippen LogP contribution is 2.41. The van der Waals surface area contributed by atoms with Gasteiger partial charge in [0.25, 0.3) is 5.91 Å². The molecule has 0 saturated carbocycles. The van der Waals surface area contributed by atoms with Gasteiger partial charge in [-0.05, 0) is 37.6 Å². The molecule has 3 heterocycles. The Morgan fingerprint density at radius 1 is 1.06 bits per heavy atom. The van der Waals surface area contributed by atoms with E-state index in [1.807, 2.05) is 0 Å². The summed E-state index contributed by atoms with van der Waals surface area (Å²) in [6.45, 7) is 3.33. The van der Waals surface area contributed by atoms with Crippen LogP contribution in [0.2, 0.25) is 0 Å². The average Bonchev–Trinajstić information content (AvgIpc) is 2.94. The molecule has 1 aliphatic rings. The van der Waals surface area contributed by atoms with Crippen LogP contribution in [0.25, 0.3) is 0 Å². The van der Waals surface area contributed by atoms with Crippen LogP contribution in [0.4, 0.5) is 19.0 Å². The molecule has 4 rings (SSSR count). The largest absolute Gasteiger partial charge is 0.346 e. The molecule has 1 N–H and O–H groups in total. The first-order valence-corrected chi connectivity index (χ1v) is 9.82. The van der Waals surface area contributed by atoms with Gasteiger partial charge in [0.15, 0.2) is 0 Å². The number of benzene rings is 1. The number of aromatic nitrogens is 2. The Kier molecular flexibility index (Phi) is 5.41. The van der Waals surface area contributed by atoms with Crippen LogP contribution in [0.15, 0.2) is 48.8 Å². The summed E-state index contributed by atoms with van der Waals surface area (Å²) < 4.78 is 40.7. The standard InChI is InChI=1S/C23H19F3N4O2/c1-23(2)16-3-4-19(21(31)28-11-15-17(25)9-14(24)10-18(15)26)29-20(16)30(22(23)32)12-13-5-7-27-8-6-13/h3-10H,11-12H2,1-2H3,(H,28,31). The summed E-state index contributed by atoms with van der Waals surface area (Å²) in [6.07, 6.45) is 3.24. The summed E-state index contributed by atoms with van der Waals surface area (Å²) in [7, 11) is 0. The molecule has 2 amide bonds. The van der Waals surface area contributed by atoms with E-state index < -0.39 is 40.9 Å². The summed E-state index contributed by atoms with van der Waals surface area (Å²) in [5.41, 5.74) is 0.207. The lowest BCUT2D eigenvalue weighted by Crippen LogP contribution is -2.36. The van der Waals surface area contributed by atoms with Crippen molar-refractivity contribution in [3.63, 3.8) is 0 Å². The van der Waals surface area contributed by atoms with Crippen molar-refractivity contribution >= 4 is 17.6 Å². The van der Waals surface area contributed by atoms with E-state index in [0.29, 0.717) is 23.5 Å². The van der Waals surface area contributed by atoms with Crippen LogP contribution in [-0.4, -0.2) is 21.8 Å². The van der Waals surface area contributed by atoms with Crippen molar-refractivity contribution in [2.75, 3.05) is 4.90 Å². The van der Waals surface area contributed by atoms with Gasteiger partial charge in [0.05, 0.1) is 12.0 Å². The third-order valence-electron chi connectivity index (χ3n) is 5.44. The molecule has 0 fully saturated rings. The molecule has 0 saturated heterocycles. The zero-order valence-electron chi connectivity index (χ0n) is 17.3. The van der Waals surface area contributed by atoms with Gasteiger partial charge >= 0.3 is 0 Å². The van der Waals surface area contributed by atoms with Gasteiger partial charge < -0.3 is 5.32 Å². The number of pyridine rings is 2. The Bertz CT molecular complexity index is 1190. The van der Waals surface area contributed by atoms with Crippen LogP contribution in [0.5, 0.6) is 0 Å². The molecule has 9 heteroatoms. The molecule has 32 heavy (non-hydrogen) atoms. The van der Waals surface area contributed by atoms with Crippen molar-refractivity contribution in [2.45, 2.75) is 32.4 Å². The van der Waals surface area contributed by atoms with Crippen molar-refractivity contribution in [1.82, 2.24) is 15.3 Å². The van der Waals surface area contributed by atoms with Gasteiger partial charge in [-0.3, -0.25) is 19.5 Å². The SMILES string of the molecule is CC1(C)C(=O)N(Cc2ccncc2)c2nc(C(=O)NCc3c(F)cc(F)cc3F)ccc21. The minimum absolute atomic E-state index is 0.0168. The number of anilines is 1. The number of amides is 2. The molecule has 0 atom stereocenters. The summed E-state index contributed by atoms with van der Waals surface area (Å²) in [6, 6.07) is 7.75. The smallest absolute Gasteiger partial charge is 0.270 e. The third-order valence-corrected chi connectivity index (χ3v) is 5.44. The second-order valence-corrected chi connectivity index (χ2v) is 7.97. The predicted molar refractivity (Wildman–Crippen MR) is 110 cm³/mol. The van der Waals surface area contributed by atoms with Crippen LogP contribution in [0, 0.1) is 17.5 Å². The minimum Gasteiger partial charge on any atom is -0.346 e. The molecule has 1 aromatic carbocycles. The zero-order valence-corrected chi connectivity index (χ0v) is 17.3. The second kappa shape index (κ2) is 8.07. The second-order valence-electron chi connectivity index (χ2n) is 7.97. The molecule has 0 spiro atoms. The number of carbonyl (C=O) groups is 2. The number of nitrogens with one attached hydrogen (secondary N) is 1. The van der Waals surface area contributed by atoms with Crippen molar-refractivity contribution in [3.05, 3.63) is 88.6 Å². The number of hydrogen-bond acceptors (Lipinski definition) is 4. The lowest BCUT2D eigenvalue weighted by Gasteiger charge is -2.19. The number of halogens is 3. The van der Waals surface area contributed by atoms with Gasteiger partial charge in [0, 0.05) is 42.2 Å². The van der Waals surface area contributed by atoms with Gasteiger partial charge in [-0.2, -0.15) is 0 Å².